The molecular weight excluding hydrogens is 344 g/mol. The summed E-state index contributed by atoms with van der Waals surface area (Å²) in [6, 6.07) is 7.68. The first-order chi connectivity index (χ1) is 9.58. The Labute approximate surface area is 129 Å². The van der Waals surface area contributed by atoms with E-state index in [0.29, 0.717) is 15.8 Å². The van der Waals surface area contributed by atoms with Crippen molar-refractivity contribution in [2.75, 3.05) is 21.3 Å². The van der Waals surface area contributed by atoms with Crippen LogP contribution >= 0.6 is 27.3 Å². The van der Waals surface area contributed by atoms with Crippen LogP contribution in [0.5, 0.6) is 5.88 Å². The highest BCUT2D eigenvalue weighted by atomic mass is 79.9. The predicted octanol–water partition coefficient (Wildman–Crippen LogP) is 3.21. The van der Waals surface area contributed by atoms with Gasteiger partial charge in [0.25, 0.3) is 5.91 Å². The summed E-state index contributed by atoms with van der Waals surface area (Å²) in [4.78, 5) is 21.8. The molecule has 0 bridgehead atoms. The van der Waals surface area contributed by atoms with E-state index in [4.69, 9.17) is 9.57 Å². The first-order valence-electron chi connectivity index (χ1n) is 5.70. The zero-order valence-electron chi connectivity index (χ0n) is 11.2. The van der Waals surface area contributed by atoms with Gasteiger partial charge >= 0.3 is 0 Å². The number of hydroxylamine groups is 2. The molecule has 0 atom stereocenters. The zero-order valence-corrected chi connectivity index (χ0v) is 13.6. The second-order valence-electron chi connectivity index (χ2n) is 3.82. The predicted molar refractivity (Wildman–Crippen MR) is 80.9 cm³/mol. The van der Waals surface area contributed by atoms with Gasteiger partial charge in [-0.1, -0.05) is 34.1 Å². The van der Waals surface area contributed by atoms with Crippen LogP contribution in [0.2, 0.25) is 0 Å². The lowest BCUT2D eigenvalue weighted by Crippen LogP contribution is -2.24. The summed E-state index contributed by atoms with van der Waals surface area (Å²) in [5.74, 6) is 0.00908. The van der Waals surface area contributed by atoms with Crippen LogP contribution in [0.25, 0.3) is 10.6 Å². The van der Waals surface area contributed by atoms with Crippen LogP contribution in [0.1, 0.15) is 9.67 Å². The number of ether oxygens (including phenoxy) is 1. The number of rotatable bonds is 4. The van der Waals surface area contributed by atoms with Crippen LogP contribution in [0.15, 0.2) is 28.7 Å². The van der Waals surface area contributed by atoms with Gasteiger partial charge in [-0.05, 0) is 6.07 Å². The third kappa shape index (κ3) is 2.84. The van der Waals surface area contributed by atoms with Crippen LogP contribution in [0, 0.1) is 0 Å². The lowest BCUT2D eigenvalue weighted by Gasteiger charge is -2.12. The highest BCUT2D eigenvalue weighted by Crippen LogP contribution is 2.36. The van der Waals surface area contributed by atoms with Crippen molar-refractivity contribution < 1.29 is 14.4 Å². The van der Waals surface area contributed by atoms with Gasteiger partial charge in [-0.15, -0.1) is 11.3 Å². The van der Waals surface area contributed by atoms with Gasteiger partial charge in [-0.25, -0.2) is 10.0 Å². The Balaban J connectivity index is 2.47. The molecule has 1 amide bonds. The van der Waals surface area contributed by atoms with Gasteiger partial charge in [-0.2, -0.15) is 0 Å². The fourth-order valence-electron chi connectivity index (χ4n) is 1.56. The normalized spacial score (nSPS) is 10.4. The standard InChI is InChI=1S/C13H13BrN2O3S/c1-16(19-3)13(17)10-11(18-2)15-12(20-10)8-6-4-5-7-9(8)14/h4-7H,1-3H3. The Bertz CT molecular complexity index is 630. The van der Waals surface area contributed by atoms with Crippen molar-refractivity contribution >= 4 is 33.2 Å². The van der Waals surface area contributed by atoms with E-state index in [2.05, 4.69) is 20.9 Å². The molecule has 20 heavy (non-hydrogen) atoms. The maximum absolute atomic E-state index is 12.2. The third-order valence-electron chi connectivity index (χ3n) is 2.65. The van der Waals surface area contributed by atoms with Gasteiger partial charge in [0.15, 0.2) is 4.88 Å². The molecule has 0 aliphatic rings. The van der Waals surface area contributed by atoms with Crippen molar-refractivity contribution in [2.45, 2.75) is 0 Å². The number of carbonyl (C=O) groups excluding carboxylic acids is 1. The van der Waals surface area contributed by atoms with Gasteiger partial charge in [0.2, 0.25) is 5.88 Å². The molecule has 0 unspecified atom stereocenters. The highest BCUT2D eigenvalue weighted by molar-refractivity contribution is 9.10. The maximum atomic E-state index is 12.2. The molecule has 2 aromatic rings. The SMILES string of the molecule is COc1nc(-c2ccccc2Br)sc1C(=O)N(C)OC. The number of aromatic nitrogens is 1. The van der Waals surface area contributed by atoms with Crippen LogP contribution in [0.4, 0.5) is 0 Å². The Morgan fingerprint density at radius 2 is 2.05 bits per heavy atom. The molecule has 0 radical (unpaired) electrons. The number of carbonyl (C=O) groups is 1. The average Bonchev–Trinajstić information content (AvgIpc) is 2.90. The van der Waals surface area contributed by atoms with E-state index < -0.39 is 0 Å². The Morgan fingerprint density at radius 1 is 1.35 bits per heavy atom. The molecule has 1 aromatic carbocycles. The molecule has 0 aliphatic heterocycles. The Hall–Kier alpha value is -1.44. The molecular formula is C13H13BrN2O3S. The smallest absolute Gasteiger partial charge is 0.292 e. The summed E-state index contributed by atoms with van der Waals surface area (Å²) in [6.45, 7) is 0. The Morgan fingerprint density at radius 3 is 2.65 bits per heavy atom. The van der Waals surface area contributed by atoms with Gasteiger partial charge in [0, 0.05) is 17.1 Å². The second-order valence-corrected chi connectivity index (χ2v) is 5.68. The zero-order chi connectivity index (χ0) is 14.7. The molecule has 1 aromatic heterocycles. The number of hydrogen-bond acceptors (Lipinski definition) is 5. The minimum atomic E-state index is -0.292. The Kier molecular flexibility index (Phi) is 4.74. The van der Waals surface area contributed by atoms with E-state index in [1.54, 1.807) is 7.05 Å². The molecule has 7 heteroatoms. The quantitative estimate of drug-likeness (QED) is 0.789. The lowest BCUT2D eigenvalue weighted by atomic mass is 10.2. The number of halogens is 1. The molecule has 106 valence electrons. The summed E-state index contributed by atoms with van der Waals surface area (Å²) in [6.07, 6.45) is 0. The molecule has 0 aliphatic carbocycles. The van der Waals surface area contributed by atoms with E-state index in [0.717, 1.165) is 15.1 Å². The minimum Gasteiger partial charge on any atom is -0.480 e. The van der Waals surface area contributed by atoms with Crippen molar-refractivity contribution in [1.82, 2.24) is 10.0 Å². The van der Waals surface area contributed by atoms with Crippen LogP contribution in [-0.2, 0) is 4.84 Å². The van der Waals surface area contributed by atoms with Crippen LogP contribution in [-0.4, -0.2) is 37.2 Å². The van der Waals surface area contributed by atoms with Crippen LogP contribution < -0.4 is 4.74 Å². The van der Waals surface area contributed by atoms with Gasteiger partial charge in [0.1, 0.15) is 5.01 Å². The molecule has 5 nitrogen and oxygen atoms in total. The maximum Gasteiger partial charge on any atom is 0.292 e. The average molecular weight is 357 g/mol. The topological polar surface area (TPSA) is 51.7 Å². The van der Waals surface area contributed by atoms with E-state index >= 15 is 0 Å². The number of nitrogens with zero attached hydrogens (tertiary/aromatic N) is 2. The molecule has 1 heterocycles. The van der Waals surface area contributed by atoms with Crippen molar-refractivity contribution in [2.24, 2.45) is 0 Å². The van der Waals surface area contributed by atoms with Crippen molar-refractivity contribution in [3.8, 4) is 16.5 Å². The third-order valence-corrected chi connectivity index (χ3v) is 4.40. The molecule has 0 saturated heterocycles. The fraction of sp³-hybridized carbons (Fsp3) is 0.231. The monoisotopic (exact) mass is 356 g/mol. The summed E-state index contributed by atoms with van der Waals surface area (Å²) in [7, 11) is 4.46. The van der Waals surface area contributed by atoms with Gasteiger partial charge < -0.3 is 4.74 Å². The molecule has 0 saturated carbocycles. The number of benzene rings is 1. The number of methoxy groups -OCH3 is 1. The van der Waals surface area contributed by atoms with Crippen molar-refractivity contribution in [1.29, 1.82) is 0 Å². The lowest BCUT2D eigenvalue weighted by molar-refractivity contribution is -0.0755. The van der Waals surface area contributed by atoms with Gasteiger partial charge in [0.05, 0.1) is 14.2 Å². The molecule has 0 fully saturated rings. The number of amides is 1. The number of hydrogen-bond donors (Lipinski definition) is 0. The van der Waals surface area contributed by atoms with Crippen LogP contribution in [0.3, 0.4) is 0 Å². The highest BCUT2D eigenvalue weighted by Gasteiger charge is 2.23. The first kappa shape index (κ1) is 15.0. The van der Waals surface area contributed by atoms with E-state index in [1.165, 1.54) is 25.6 Å². The van der Waals surface area contributed by atoms with Crippen molar-refractivity contribution in [3.63, 3.8) is 0 Å². The first-order valence-corrected chi connectivity index (χ1v) is 7.31. The molecule has 0 spiro atoms. The largest absolute Gasteiger partial charge is 0.480 e. The van der Waals surface area contributed by atoms with E-state index in [-0.39, 0.29) is 5.91 Å². The van der Waals surface area contributed by atoms with Gasteiger partial charge in [-0.3, -0.25) is 9.63 Å². The summed E-state index contributed by atoms with van der Waals surface area (Å²) in [5, 5.41) is 1.85. The second kappa shape index (κ2) is 6.34. The number of thiazole rings is 1. The summed E-state index contributed by atoms with van der Waals surface area (Å²) < 4.78 is 6.10. The summed E-state index contributed by atoms with van der Waals surface area (Å²) in [5.41, 5.74) is 0.912. The minimum absolute atomic E-state index is 0.292. The fourth-order valence-corrected chi connectivity index (χ4v) is 3.20. The summed E-state index contributed by atoms with van der Waals surface area (Å²) >= 11 is 4.74. The van der Waals surface area contributed by atoms with E-state index in [1.807, 2.05) is 24.3 Å². The van der Waals surface area contributed by atoms with E-state index in [9.17, 15) is 4.79 Å². The van der Waals surface area contributed by atoms with Crippen molar-refractivity contribution in [3.05, 3.63) is 33.6 Å². The molecule has 0 N–H and O–H groups in total. The molecule has 2 rings (SSSR count).